The molecule has 0 saturated carbocycles. The van der Waals surface area contributed by atoms with Crippen molar-refractivity contribution >= 4 is 17.6 Å². The molecule has 5 N–H and O–H groups in total. The minimum Gasteiger partial charge on any atom is -0.480 e. The molecule has 5 nitrogen and oxygen atoms in total. The maximum Gasteiger partial charge on any atom is 0.322 e. The van der Waals surface area contributed by atoms with Crippen molar-refractivity contribution in [2.24, 2.45) is 5.73 Å². The highest BCUT2D eigenvalue weighted by Gasteiger charge is 2.41. The number of carboxylic acid groups (broad SMARTS) is 1. The summed E-state index contributed by atoms with van der Waals surface area (Å²) in [5, 5.41) is 9.19. The fourth-order valence-electron chi connectivity index (χ4n) is 1.96. The monoisotopic (exact) mass is 259 g/mol. The molecule has 1 aromatic carbocycles. The van der Waals surface area contributed by atoms with Gasteiger partial charge in [0.15, 0.2) is 0 Å². The molecular weight excluding hydrogens is 249 g/mol. The minimum absolute atomic E-state index is 0.117. The summed E-state index contributed by atoms with van der Waals surface area (Å²) >= 11 is 5.90. The fourth-order valence-corrected chi connectivity index (χ4v) is 2.25. The first kappa shape index (κ1) is 12.3. The molecule has 3 atom stereocenters. The van der Waals surface area contributed by atoms with Crippen LogP contribution in [0.15, 0.2) is 18.2 Å². The van der Waals surface area contributed by atoms with Crippen LogP contribution in [0.5, 0.6) is 0 Å². The lowest BCUT2D eigenvalue weighted by atomic mass is 9.90. The summed E-state index contributed by atoms with van der Waals surface area (Å²) in [6.45, 7) is 0. The third kappa shape index (κ3) is 2.12. The Labute approximate surface area is 102 Å². The Bertz CT molecular complexity index is 437. The average molecular weight is 260 g/mol. The molecule has 0 amide bonds. The molecule has 1 aromatic rings. The summed E-state index contributed by atoms with van der Waals surface area (Å²) in [6, 6.07) is 3.17. The predicted octanol–water partition coefficient (Wildman–Crippen LogP) is 0.409. The van der Waals surface area contributed by atoms with Gasteiger partial charge in [0, 0.05) is 16.5 Å². The summed E-state index contributed by atoms with van der Waals surface area (Å²) in [5.74, 6) is -2.44. The highest BCUT2D eigenvalue weighted by Crippen LogP contribution is 2.32. The van der Waals surface area contributed by atoms with Crippen LogP contribution in [0.25, 0.3) is 0 Å². The maximum absolute atomic E-state index is 13.7. The molecule has 3 unspecified atom stereocenters. The van der Waals surface area contributed by atoms with E-state index in [1.54, 1.807) is 0 Å². The van der Waals surface area contributed by atoms with Gasteiger partial charge in [-0.25, -0.2) is 15.2 Å². The molecule has 0 bridgehead atoms. The second-order valence-electron chi connectivity index (χ2n) is 3.79. The number of halogens is 2. The summed E-state index contributed by atoms with van der Waals surface area (Å²) in [6.07, 6.45) is -0.717. The molecule has 1 fully saturated rings. The quantitative estimate of drug-likeness (QED) is 0.618. The van der Waals surface area contributed by atoms with E-state index in [1.165, 1.54) is 18.2 Å². The van der Waals surface area contributed by atoms with Gasteiger partial charge in [-0.2, -0.15) is 0 Å². The van der Waals surface area contributed by atoms with Crippen LogP contribution in [0.3, 0.4) is 0 Å². The number of carboxylic acids is 1. The van der Waals surface area contributed by atoms with Crippen molar-refractivity contribution in [3.63, 3.8) is 0 Å². The van der Waals surface area contributed by atoms with Gasteiger partial charge in [0.25, 0.3) is 0 Å². The highest BCUT2D eigenvalue weighted by atomic mass is 35.5. The van der Waals surface area contributed by atoms with Gasteiger partial charge < -0.3 is 10.8 Å². The lowest BCUT2D eigenvalue weighted by Gasteiger charge is -2.20. The lowest BCUT2D eigenvalue weighted by Crippen LogP contribution is -2.39. The van der Waals surface area contributed by atoms with Crippen LogP contribution < -0.4 is 16.6 Å². The molecular formula is C10H11ClFN3O2. The van der Waals surface area contributed by atoms with Crippen LogP contribution in [0.2, 0.25) is 5.02 Å². The van der Waals surface area contributed by atoms with Gasteiger partial charge >= 0.3 is 5.97 Å². The van der Waals surface area contributed by atoms with Gasteiger partial charge in [0.1, 0.15) is 11.9 Å². The van der Waals surface area contributed by atoms with E-state index in [4.69, 9.17) is 22.4 Å². The van der Waals surface area contributed by atoms with Gasteiger partial charge in [-0.15, -0.1) is 0 Å². The van der Waals surface area contributed by atoms with Gasteiger partial charge in [0.05, 0.1) is 6.17 Å². The van der Waals surface area contributed by atoms with Crippen molar-refractivity contribution in [1.82, 2.24) is 10.9 Å². The first-order chi connectivity index (χ1) is 8.02. The van der Waals surface area contributed by atoms with Gasteiger partial charge in [-0.05, 0) is 12.1 Å². The smallest absolute Gasteiger partial charge is 0.322 e. The normalized spacial score (nSPS) is 28.3. The van der Waals surface area contributed by atoms with Crippen LogP contribution in [-0.2, 0) is 4.79 Å². The van der Waals surface area contributed by atoms with Crippen molar-refractivity contribution in [3.05, 3.63) is 34.6 Å². The molecule has 1 saturated heterocycles. The van der Waals surface area contributed by atoms with Gasteiger partial charge in [-0.1, -0.05) is 17.7 Å². The molecule has 1 heterocycles. The SMILES string of the molecule is NC1NNC(C(=O)O)C1c1c(F)cccc1Cl. The number of aliphatic carboxylic acids is 1. The standard InChI is InChI=1S/C10H11ClFN3O2/c11-4-2-1-3-5(12)6(4)7-8(10(16)17)14-15-9(7)13/h1-3,7-9,14-15H,13H2,(H,16,17). The zero-order chi connectivity index (χ0) is 12.6. The third-order valence-corrected chi connectivity index (χ3v) is 3.08. The van der Waals surface area contributed by atoms with Gasteiger partial charge in [-0.3, -0.25) is 4.79 Å². The van der Waals surface area contributed by atoms with Crippen molar-refractivity contribution in [2.45, 2.75) is 18.1 Å². The molecule has 0 radical (unpaired) electrons. The number of carbonyl (C=O) groups is 1. The summed E-state index contributed by atoms with van der Waals surface area (Å²) < 4.78 is 13.7. The van der Waals surface area contributed by atoms with E-state index in [0.29, 0.717) is 0 Å². The lowest BCUT2D eigenvalue weighted by molar-refractivity contribution is -0.139. The fraction of sp³-hybridized carbons (Fsp3) is 0.300. The van der Waals surface area contributed by atoms with Crippen LogP contribution in [-0.4, -0.2) is 23.3 Å². The Morgan fingerprint density at radius 3 is 2.76 bits per heavy atom. The summed E-state index contributed by atoms with van der Waals surface area (Å²) in [7, 11) is 0. The number of hydrazine groups is 1. The number of rotatable bonds is 2. The van der Waals surface area contributed by atoms with Crippen LogP contribution >= 0.6 is 11.6 Å². The van der Waals surface area contributed by atoms with Crippen LogP contribution in [0, 0.1) is 5.82 Å². The Morgan fingerprint density at radius 1 is 1.47 bits per heavy atom. The molecule has 1 aliphatic heterocycles. The van der Waals surface area contributed by atoms with E-state index in [2.05, 4.69) is 10.9 Å². The zero-order valence-corrected chi connectivity index (χ0v) is 9.41. The second kappa shape index (κ2) is 4.58. The molecule has 2 rings (SSSR count). The number of hydrogen-bond acceptors (Lipinski definition) is 4. The predicted molar refractivity (Wildman–Crippen MR) is 59.8 cm³/mol. The molecule has 7 heteroatoms. The average Bonchev–Trinajstić information content (AvgIpc) is 2.61. The van der Waals surface area contributed by atoms with Crippen molar-refractivity contribution in [2.75, 3.05) is 0 Å². The van der Waals surface area contributed by atoms with E-state index < -0.39 is 29.9 Å². The Morgan fingerprint density at radius 2 is 2.18 bits per heavy atom. The van der Waals surface area contributed by atoms with E-state index in [-0.39, 0.29) is 10.6 Å². The molecule has 0 spiro atoms. The molecule has 1 aliphatic rings. The van der Waals surface area contributed by atoms with E-state index in [9.17, 15) is 9.18 Å². The van der Waals surface area contributed by atoms with Crippen molar-refractivity contribution in [1.29, 1.82) is 0 Å². The van der Waals surface area contributed by atoms with Gasteiger partial charge in [0.2, 0.25) is 0 Å². The zero-order valence-electron chi connectivity index (χ0n) is 8.65. The van der Waals surface area contributed by atoms with E-state index in [1.807, 2.05) is 0 Å². The first-order valence-corrected chi connectivity index (χ1v) is 5.33. The number of hydrogen-bond donors (Lipinski definition) is 4. The summed E-state index contributed by atoms with van der Waals surface area (Å²) in [4.78, 5) is 11.0. The van der Waals surface area contributed by atoms with Crippen LogP contribution in [0.4, 0.5) is 4.39 Å². The highest BCUT2D eigenvalue weighted by molar-refractivity contribution is 6.31. The number of nitrogens with one attached hydrogen (secondary N) is 2. The Balaban J connectivity index is 2.46. The molecule has 0 aromatic heterocycles. The second-order valence-corrected chi connectivity index (χ2v) is 4.20. The first-order valence-electron chi connectivity index (χ1n) is 4.95. The third-order valence-electron chi connectivity index (χ3n) is 2.75. The largest absolute Gasteiger partial charge is 0.480 e. The molecule has 92 valence electrons. The summed E-state index contributed by atoms with van der Waals surface area (Å²) in [5.41, 5.74) is 10.9. The molecule has 0 aliphatic carbocycles. The minimum atomic E-state index is -1.12. The maximum atomic E-state index is 13.7. The Hall–Kier alpha value is -1.21. The van der Waals surface area contributed by atoms with Crippen molar-refractivity contribution in [3.8, 4) is 0 Å². The number of benzene rings is 1. The van der Waals surface area contributed by atoms with Crippen LogP contribution in [0.1, 0.15) is 11.5 Å². The topological polar surface area (TPSA) is 87.4 Å². The van der Waals surface area contributed by atoms with E-state index in [0.717, 1.165) is 0 Å². The van der Waals surface area contributed by atoms with Crippen molar-refractivity contribution < 1.29 is 14.3 Å². The number of nitrogens with two attached hydrogens (primary N) is 1. The van der Waals surface area contributed by atoms with E-state index >= 15 is 0 Å². The molecule has 17 heavy (non-hydrogen) atoms. The Kier molecular flexibility index (Phi) is 3.30.